The summed E-state index contributed by atoms with van der Waals surface area (Å²) in [4.78, 5) is 9.84. The summed E-state index contributed by atoms with van der Waals surface area (Å²) < 4.78 is 301. The van der Waals surface area contributed by atoms with Crippen LogP contribution in [0.5, 0.6) is 0 Å². The molecule has 294 valence electrons. The number of hydrogen-bond acceptors (Lipinski definition) is 6. The third-order valence-electron chi connectivity index (χ3n) is 4.39. The van der Waals surface area contributed by atoms with Crippen LogP contribution >= 0.6 is 0 Å². The molecule has 53 heavy (non-hydrogen) atoms. The van der Waals surface area contributed by atoms with E-state index in [2.05, 4.69) is 19.9 Å². The van der Waals surface area contributed by atoms with Gasteiger partial charge in [0.05, 0.1) is 0 Å². The fourth-order valence-corrected chi connectivity index (χ4v) is 2.58. The van der Waals surface area contributed by atoms with E-state index >= 15 is 0 Å². The standard InChI is InChI=1S/2C10F8N2.2BF4.2O.Ru/c2*11-1-3(13)7(19-9(17)5(1)15)8-4(14)2(12)6(16)10(18)20-8;2*2-1(3,4)5;;;/q;;2*-1;;;+2. The van der Waals surface area contributed by atoms with Crippen molar-refractivity contribution in [2.75, 3.05) is 0 Å². The molecular formula is C20B2F24N4O2Ru. The average molecular weight is 907 g/mol. The summed E-state index contributed by atoms with van der Waals surface area (Å²) in [5.41, 5.74) is -6.57. The second kappa shape index (κ2) is 19.4. The number of nitrogens with zero attached hydrogens (tertiary/aromatic N) is 4. The fraction of sp³-hybridized carbons (Fsp3) is 0. The topological polar surface area (TPSA) is 85.7 Å². The van der Waals surface area contributed by atoms with Crippen LogP contribution < -0.4 is 0 Å². The molecule has 0 N–H and O–H groups in total. The first-order valence-corrected chi connectivity index (χ1v) is 12.8. The van der Waals surface area contributed by atoms with Gasteiger partial charge in [0.25, 0.3) is 23.8 Å². The molecule has 0 aliphatic rings. The van der Waals surface area contributed by atoms with E-state index < -0.39 is 148 Å². The predicted molar refractivity (Wildman–Crippen MR) is 116 cm³/mol. The van der Waals surface area contributed by atoms with E-state index in [-0.39, 0.29) is 0 Å². The quantitative estimate of drug-likeness (QED) is 0.114. The molecule has 0 unspecified atom stereocenters. The summed E-state index contributed by atoms with van der Waals surface area (Å²) in [6.07, 6.45) is 0. The van der Waals surface area contributed by atoms with Gasteiger partial charge < -0.3 is 34.5 Å². The molecule has 0 fully saturated rings. The molecule has 4 heterocycles. The van der Waals surface area contributed by atoms with Crippen LogP contribution in [0.1, 0.15) is 0 Å². The van der Waals surface area contributed by atoms with Crippen molar-refractivity contribution in [3.05, 3.63) is 93.6 Å². The van der Waals surface area contributed by atoms with E-state index in [4.69, 9.17) is 7.15 Å². The predicted octanol–water partition coefficient (Wildman–Crippen LogP) is 8.87. The van der Waals surface area contributed by atoms with Gasteiger partial charge in [-0.15, -0.1) is 0 Å². The van der Waals surface area contributed by atoms with Crippen molar-refractivity contribution in [3.8, 4) is 22.8 Å². The molecule has 0 bridgehead atoms. The zero-order valence-corrected chi connectivity index (χ0v) is 24.9. The van der Waals surface area contributed by atoms with Gasteiger partial charge in [-0.2, -0.15) is 35.1 Å². The summed E-state index contributed by atoms with van der Waals surface area (Å²) in [6, 6.07) is 0. The van der Waals surface area contributed by atoms with Crippen molar-refractivity contribution in [2.45, 2.75) is 0 Å². The van der Waals surface area contributed by atoms with Gasteiger partial charge in [-0.05, 0) is 0 Å². The molecule has 0 saturated heterocycles. The minimum atomic E-state index is -6.00. The SMILES string of the molecule is F[B-](F)(F)F.F[B-](F)(F)F.Fc1nc(-c2nc(F)c(F)c(F)c2F)c(F)c(F)c1F.Fc1nc(-c2nc(F)c(F)c(F)c2F)c(F)c(F)c1F.[O]=[Ru+2]=[O]. The van der Waals surface area contributed by atoms with E-state index in [1.54, 1.807) is 0 Å². The molecule has 4 aromatic heterocycles. The summed E-state index contributed by atoms with van der Waals surface area (Å²) in [7, 11) is -12.0. The van der Waals surface area contributed by atoms with Crippen LogP contribution in [0.25, 0.3) is 22.8 Å². The molecule has 0 aliphatic carbocycles. The van der Waals surface area contributed by atoms with Crippen molar-refractivity contribution in [1.29, 1.82) is 0 Å². The van der Waals surface area contributed by atoms with Crippen molar-refractivity contribution in [2.24, 2.45) is 0 Å². The van der Waals surface area contributed by atoms with Crippen LogP contribution in [0.2, 0.25) is 0 Å². The first-order valence-electron chi connectivity index (χ1n) is 11.3. The van der Waals surface area contributed by atoms with E-state index in [9.17, 15) is 105 Å². The molecule has 0 aromatic carbocycles. The van der Waals surface area contributed by atoms with Gasteiger partial charge >= 0.3 is 38.7 Å². The van der Waals surface area contributed by atoms with Crippen molar-refractivity contribution in [3.63, 3.8) is 0 Å². The van der Waals surface area contributed by atoms with Crippen LogP contribution in [0.3, 0.4) is 0 Å². The molecular weight excluding hydrogens is 907 g/mol. The zero-order chi connectivity index (χ0) is 42.1. The molecule has 4 rings (SSSR count). The normalized spacial score (nSPS) is 10.8. The molecule has 4 aromatic rings. The number of aromatic nitrogens is 4. The van der Waals surface area contributed by atoms with Gasteiger partial charge in [-0.25, -0.2) is 55.1 Å². The molecule has 33 heteroatoms. The Labute approximate surface area is 280 Å². The maximum absolute atomic E-state index is 13.3. The third kappa shape index (κ3) is 14.0. The number of hydrogen-bond donors (Lipinski definition) is 0. The molecule has 0 amide bonds. The Balaban J connectivity index is 0.000000769. The van der Waals surface area contributed by atoms with Crippen LogP contribution in [0, 0.1) is 93.6 Å². The second-order valence-corrected chi connectivity index (χ2v) is 8.11. The second-order valence-electron chi connectivity index (χ2n) is 7.82. The summed E-state index contributed by atoms with van der Waals surface area (Å²) in [5.74, 6) is -36.5. The Hall–Kier alpha value is -4.73. The van der Waals surface area contributed by atoms with E-state index in [1.807, 2.05) is 0 Å². The summed E-state index contributed by atoms with van der Waals surface area (Å²) in [5, 5.41) is 0. The van der Waals surface area contributed by atoms with E-state index in [1.165, 1.54) is 0 Å². The van der Waals surface area contributed by atoms with Crippen LogP contribution in [-0.2, 0) is 24.2 Å². The van der Waals surface area contributed by atoms with Gasteiger partial charge in [0.1, 0.15) is 22.8 Å². The maximum atomic E-state index is 13.3. The van der Waals surface area contributed by atoms with Gasteiger partial charge in [0.15, 0.2) is 23.3 Å². The minimum absolute atomic E-state index is 1.64. The monoisotopic (exact) mass is 908 g/mol. The molecule has 0 atom stereocenters. The molecule has 0 aliphatic heterocycles. The Morgan fingerprint density at radius 2 is 0.396 bits per heavy atom. The molecule has 0 spiro atoms. The van der Waals surface area contributed by atoms with Crippen molar-refractivity contribution in [1.82, 2.24) is 19.9 Å². The van der Waals surface area contributed by atoms with Crippen LogP contribution in [0.4, 0.5) is 105 Å². The first kappa shape index (κ1) is 48.3. The van der Waals surface area contributed by atoms with Crippen LogP contribution in [-0.4, -0.2) is 34.4 Å². The third-order valence-corrected chi connectivity index (χ3v) is 4.39. The van der Waals surface area contributed by atoms with Gasteiger partial charge in [-0.1, -0.05) is 0 Å². The van der Waals surface area contributed by atoms with Gasteiger partial charge in [-0.3, -0.25) is 0 Å². The van der Waals surface area contributed by atoms with Gasteiger partial charge in [0, 0.05) is 0 Å². The van der Waals surface area contributed by atoms with E-state index in [0.29, 0.717) is 0 Å². The van der Waals surface area contributed by atoms with E-state index in [0.717, 1.165) is 0 Å². The Morgan fingerprint density at radius 1 is 0.283 bits per heavy atom. The van der Waals surface area contributed by atoms with Crippen molar-refractivity contribution < 1.29 is 129 Å². The fourth-order valence-electron chi connectivity index (χ4n) is 2.58. The number of rotatable bonds is 2. The average Bonchev–Trinajstić information content (AvgIpc) is 3.03. The summed E-state index contributed by atoms with van der Waals surface area (Å²) >= 11 is -1.79. The first-order chi connectivity index (χ1) is 23.9. The molecule has 0 radical (unpaired) electrons. The zero-order valence-electron chi connectivity index (χ0n) is 23.2. The van der Waals surface area contributed by atoms with Crippen molar-refractivity contribution >= 4 is 14.5 Å². The number of halogens is 24. The van der Waals surface area contributed by atoms with Gasteiger partial charge in [0.2, 0.25) is 46.5 Å². The number of pyridine rings is 4. The molecule has 0 saturated carbocycles. The molecule has 6 nitrogen and oxygen atoms in total. The Bertz CT molecular complexity index is 1720. The Morgan fingerprint density at radius 3 is 0.509 bits per heavy atom. The summed E-state index contributed by atoms with van der Waals surface area (Å²) in [6.45, 7) is 0. The Kier molecular flexibility index (Phi) is 17.7. The van der Waals surface area contributed by atoms with Crippen LogP contribution in [0.15, 0.2) is 0 Å².